The second kappa shape index (κ2) is 6.15. The van der Waals surface area contributed by atoms with Crippen LogP contribution in [-0.4, -0.2) is 27.2 Å². The SMILES string of the molecule is C#CCN1C(=O)S/C(=C/c2cccn2-c2ccc(F)cc2)C1=O. The van der Waals surface area contributed by atoms with Crippen LogP contribution in [0.2, 0.25) is 0 Å². The van der Waals surface area contributed by atoms with Crippen LogP contribution in [0.3, 0.4) is 0 Å². The van der Waals surface area contributed by atoms with Crippen LogP contribution in [0.25, 0.3) is 11.8 Å². The molecule has 2 amide bonds. The fraction of sp³-hybridized carbons (Fsp3) is 0.0588. The van der Waals surface area contributed by atoms with Crippen molar-refractivity contribution < 1.29 is 14.0 Å². The van der Waals surface area contributed by atoms with Crippen molar-refractivity contribution in [3.05, 3.63) is 59.0 Å². The van der Waals surface area contributed by atoms with Crippen LogP contribution >= 0.6 is 11.8 Å². The molecule has 0 unspecified atom stereocenters. The molecule has 1 aromatic carbocycles. The molecular formula is C17H11FN2O2S. The Hall–Kier alpha value is -2.78. The van der Waals surface area contributed by atoms with E-state index >= 15 is 0 Å². The highest BCUT2D eigenvalue weighted by Gasteiger charge is 2.34. The van der Waals surface area contributed by atoms with Gasteiger partial charge in [0.05, 0.1) is 11.4 Å². The number of rotatable bonds is 3. The Balaban J connectivity index is 1.94. The minimum absolute atomic E-state index is 0.0407. The van der Waals surface area contributed by atoms with E-state index in [0.29, 0.717) is 10.6 Å². The van der Waals surface area contributed by atoms with Gasteiger partial charge in [-0.3, -0.25) is 14.5 Å². The van der Waals surface area contributed by atoms with E-state index in [1.54, 1.807) is 41.1 Å². The van der Waals surface area contributed by atoms with Crippen LogP contribution in [-0.2, 0) is 4.79 Å². The van der Waals surface area contributed by atoms with Crippen molar-refractivity contribution in [1.29, 1.82) is 0 Å². The predicted molar refractivity (Wildman–Crippen MR) is 87.2 cm³/mol. The molecule has 114 valence electrons. The second-order valence-electron chi connectivity index (χ2n) is 4.75. The van der Waals surface area contributed by atoms with E-state index in [1.165, 1.54) is 12.1 Å². The molecule has 0 saturated carbocycles. The van der Waals surface area contributed by atoms with Gasteiger partial charge in [-0.05, 0) is 54.2 Å². The van der Waals surface area contributed by atoms with Gasteiger partial charge in [-0.15, -0.1) is 6.42 Å². The Morgan fingerprint density at radius 3 is 2.65 bits per heavy atom. The Bertz CT molecular complexity index is 846. The van der Waals surface area contributed by atoms with Crippen LogP contribution in [0.1, 0.15) is 5.69 Å². The fourth-order valence-electron chi connectivity index (χ4n) is 2.21. The molecule has 1 fully saturated rings. The minimum Gasteiger partial charge on any atom is -0.317 e. The number of halogens is 1. The first-order chi connectivity index (χ1) is 11.1. The van der Waals surface area contributed by atoms with Crippen molar-refractivity contribution in [2.45, 2.75) is 0 Å². The maximum atomic E-state index is 13.0. The zero-order valence-corrected chi connectivity index (χ0v) is 12.7. The van der Waals surface area contributed by atoms with E-state index in [4.69, 9.17) is 6.42 Å². The number of terminal acetylenes is 1. The Morgan fingerprint density at radius 2 is 1.96 bits per heavy atom. The average molecular weight is 326 g/mol. The molecule has 1 aliphatic rings. The molecule has 6 heteroatoms. The smallest absolute Gasteiger partial charge is 0.294 e. The maximum Gasteiger partial charge on any atom is 0.294 e. The summed E-state index contributed by atoms with van der Waals surface area (Å²) in [5, 5.41) is -0.376. The zero-order chi connectivity index (χ0) is 16.4. The van der Waals surface area contributed by atoms with Gasteiger partial charge < -0.3 is 4.57 Å². The molecule has 1 aromatic heterocycles. The van der Waals surface area contributed by atoms with E-state index in [-0.39, 0.29) is 17.6 Å². The standard InChI is InChI=1S/C17H11FN2O2S/c1-2-9-20-16(21)15(23-17(20)22)11-14-4-3-10-19(14)13-7-5-12(18)6-8-13/h1,3-8,10-11H,9H2/b15-11+. The number of benzene rings is 1. The zero-order valence-electron chi connectivity index (χ0n) is 11.9. The highest BCUT2D eigenvalue weighted by molar-refractivity contribution is 8.18. The van der Waals surface area contributed by atoms with Crippen molar-refractivity contribution in [3.8, 4) is 18.0 Å². The first-order valence-electron chi connectivity index (χ1n) is 6.72. The van der Waals surface area contributed by atoms with Crippen LogP contribution in [0.15, 0.2) is 47.5 Å². The van der Waals surface area contributed by atoms with Crippen molar-refractivity contribution in [2.24, 2.45) is 0 Å². The number of nitrogens with zero attached hydrogens (tertiary/aromatic N) is 2. The molecule has 2 heterocycles. The van der Waals surface area contributed by atoms with E-state index in [0.717, 1.165) is 22.3 Å². The molecule has 23 heavy (non-hydrogen) atoms. The Kier molecular flexibility index (Phi) is 4.04. The quantitative estimate of drug-likeness (QED) is 0.642. The summed E-state index contributed by atoms with van der Waals surface area (Å²) in [6, 6.07) is 9.60. The number of amides is 2. The third-order valence-electron chi connectivity index (χ3n) is 3.29. The lowest BCUT2D eigenvalue weighted by Crippen LogP contribution is -2.28. The summed E-state index contributed by atoms with van der Waals surface area (Å²) in [6.45, 7) is -0.0407. The highest BCUT2D eigenvalue weighted by atomic mass is 32.2. The van der Waals surface area contributed by atoms with E-state index in [1.807, 2.05) is 0 Å². The number of imide groups is 1. The summed E-state index contributed by atoms with van der Waals surface area (Å²) < 4.78 is 14.8. The monoisotopic (exact) mass is 326 g/mol. The average Bonchev–Trinajstić information content (AvgIpc) is 3.09. The normalized spacial score (nSPS) is 16.2. The van der Waals surface area contributed by atoms with Crippen molar-refractivity contribution in [1.82, 2.24) is 9.47 Å². The molecule has 0 bridgehead atoms. The largest absolute Gasteiger partial charge is 0.317 e. The molecule has 0 radical (unpaired) electrons. The molecule has 4 nitrogen and oxygen atoms in total. The van der Waals surface area contributed by atoms with E-state index in [2.05, 4.69) is 5.92 Å². The third-order valence-corrected chi connectivity index (χ3v) is 4.19. The van der Waals surface area contributed by atoms with Gasteiger partial charge >= 0.3 is 0 Å². The van der Waals surface area contributed by atoms with Gasteiger partial charge in [0.15, 0.2) is 0 Å². The van der Waals surface area contributed by atoms with Gasteiger partial charge in [-0.1, -0.05) is 5.92 Å². The molecule has 0 aliphatic carbocycles. The summed E-state index contributed by atoms with van der Waals surface area (Å²) >= 11 is 0.856. The summed E-state index contributed by atoms with van der Waals surface area (Å²) in [7, 11) is 0. The molecule has 1 aliphatic heterocycles. The number of carbonyl (C=O) groups is 2. The molecule has 1 saturated heterocycles. The minimum atomic E-state index is -0.398. The highest BCUT2D eigenvalue weighted by Crippen LogP contribution is 2.32. The first kappa shape index (κ1) is 15.1. The summed E-state index contributed by atoms with van der Waals surface area (Å²) in [6.07, 6.45) is 8.59. The topological polar surface area (TPSA) is 42.3 Å². The van der Waals surface area contributed by atoms with Gasteiger partial charge in [-0.2, -0.15) is 0 Å². The first-order valence-corrected chi connectivity index (χ1v) is 7.54. The molecule has 0 atom stereocenters. The van der Waals surface area contributed by atoms with Crippen LogP contribution in [0.4, 0.5) is 9.18 Å². The lowest BCUT2D eigenvalue weighted by molar-refractivity contribution is -0.122. The molecular weight excluding hydrogens is 315 g/mol. The van der Waals surface area contributed by atoms with Gasteiger partial charge in [-0.25, -0.2) is 4.39 Å². The maximum absolute atomic E-state index is 13.0. The lowest BCUT2D eigenvalue weighted by atomic mass is 10.3. The Labute approximate surface area is 136 Å². The van der Waals surface area contributed by atoms with Crippen molar-refractivity contribution >= 4 is 29.0 Å². The van der Waals surface area contributed by atoms with E-state index < -0.39 is 5.91 Å². The summed E-state index contributed by atoms with van der Waals surface area (Å²) in [5.41, 5.74) is 1.47. The number of hydrogen-bond donors (Lipinski definition) is 0. The second-order valence-corrected chi connectivity index (χ2v) is 5.74. The lowest BCUT2D eigenvalue weighted by Gasteiger charge is -2.08. The van der Waals surface area contributed by atoms with Crippen molar-refractivity contribution in [2.75, 3.05) is 6.54 Å². The van der Waals surface area contributed by atoms with Gasteiger partial charge in [0.25, 0.3) is 11.1 Å². The third kappa shape index (κ3) is 2.91. The fourth-order valence-corrected chi connectivity index (χ4v) is 3.03. The number of thioether (sulfide) groups is 1. The molecule has 3 rings (SSSR count). The molecule has 0 N–H and O–H groups in total. The summed E-state index contributed by atoms with van der Waals surface area (Å²) in [4.78, 5) is 25.3. The Morgan fingerprint density at radius 1 is 1.22 bits per heavy atom. The number of carbonyl (C=O) groups excluding carboxylic acids is 2. The predicted octanol–water partition coefficient (Wildman–Crippen LogP) is 3.29. The van der Waals surface area contributed by atoms with Gasteiger partial charge in [0.1, 0.15) is 5.82 Å². The van der Waals surface area contributed by atoms with Crippen LogP contribution < -0.4 is 0 Å². The van der Waals surface area contributed by atoms with Crippen LogP contribution in [0, 0.1) is 18.2 Å². The van der Waals surface area contributed by atoms with Gasteiger partial charge in [0, 0.05) is 17.6 Å². The van der Waals surface area contributed by atoms with E-state index in [9.17, 15) is 14.0 Å². The molecule has 0 spiro atoms. The molecule has 2 aromatic rings. The van der Waals surface area contributed by atoms with Gasteiger partial charge in [0.2, 0.25) is 0 Å². The number of hydrogen-bond acceptors (Lipinski definition) is 3. The summed E-state index contributed by atoms with van der Waals surface area (Å²) in [5.74, 6) is 1.58. The van der Waals surface area contributed by atoms with Crippen LogP contribution in [0.5, 0.6) is 0 Å². The van der Waals surface area contributed by atoms with Crippen molar-refractivity contribution in [3.63, 3.8) is 0 Å². The number of aromatic nitrogens is 1.